The lowest BCUT2D eigenvalue weighted by Gasteiger charge is -2.12. The maximum Gasteiger partial charge on any atom is 0.309 e. The van der Waals surface area contributed by atoms with Crippen molar-refractivity contribution in [3.05, 3.63) is 64.2 Å². The van der Waals surface area contributed by atoms with E-state index in [1.165, 1.54) is 12.1 Å². The normalized spacial score (nSPS) is 28.4. The van der Waals surface area contributed by atoms with Crippen molar-refractivity contribution < 1.29 is 14.5 Å². The third-order valence-electron chi connectivity index (χ3n) is 4.63. The van der Waals surface area contributed by atoms with Crippen molar-refractivity contribution in [3.8, 4) is 0 Å². The first kappa shape index (κ1) is 15.5. The van der Waals surface area contributed by atoms with Crippen LogP contribution >= 0.6 is 0 Å². The number of esters is 1. The number of non-ortho nitro benzene ring substituents is 1. The fourth-order valence-corrected chi connectivity index (χ4v) is 3.54. The summed E-state index contributed by atoms with van der Waals surface area (Å²) >= 11 is 0. The maximum absolute atomic E-state index is 12.2. The van der Waals surface area contributed by atoms with Gasteiger partial charge in [-0.05, 0) is 30.7 Å². The Morgan fingerprint density at radius 2 is 2.04 bits per heavy atom. The molecule has 3 rings (SSSR count). The van der Waals surface area contributed by atoms with E-state index in [9.17, 15) is 14.9 Å². The molecule has 2 aliphatic rings. The summed E-state index contributed by atoms with van der Waals surface area (Å²) < 4.78 is 5.21. The molecular weight excluding hydrogens is 294 g/mol. The van der Waals surface area contributed by atoms with Crippen LogP contribution in [0.2, 0.25) is 0 Å². The third-order valence-corrected chi connectivity index (χ3v) is 4.63. The Hall–Kier alpha value is -2.43. The maximum atomic E-state index is 12.2. The summed E-state index contributed by atoms with van der Waals surface area (Å²) in [7, 11) is 0. The number of nitro groups is 1. The molecule has 0 spiro atoms. The first-order chi connectivity index (χ1) is 11.1. The molecule has 1 fully saturated rings. The van der Waals surface area contributed by atoms with Gasteiger partial charge >= 0.3 is 5.97 Å². The van der Waals surface area contributed by atoms with Gasteiger partial charge in [-0.25, -0.2) is 0 Å². The molecule has 0 aliphatic heterocycles. The molecule has 0 N–H and O–H groups in total. The molecule has 4 atom stereocenters. The van der Waals surface area contributed by atoms with E-state index in [1.54, 1.807) is 19.1 Å². The number of allylic oxidation sites excluding steroid dienone is 4. The zero-order valence-corrected chi connectivity index (χ0v) is 12.9. The highest BCUT2D eigenvalue weighted by atomic mass is 16.6. The molecule has 120 valence electrons. The molecule has 1 aromatic carbocycles. The number of nitrogens with zero attached hydrogens (tertiary/aromatic N) is 1. The van der Waals surface area contributed by atoms with Crippen molar-refractivity contribution in [3.63, 3.8) is 0 Å². The minimum atomic E-state index is -0.411. The van der Waals surface area contributed by atoms with Gasteiger partial charge in [-0.3, -0.25) is 14.9 Å². The monoisotopic (exact) mass is 313 g/mol. The number of carbonyl (C=O) groups is 1. The number of carbonyl (C=O) groups excluding carboxylic acids is 1. The minimum Gasteiger partial charge on any atom is -0.466 e. The Morgan fingerprint density at radius 1 is 1.30 bits per heavy atom. The summed E-state index contributed by atoms with van der Waals surface area (Å²) in [5.41, 5.74) is 1.04. The Morgan fingerprint density at radius 3 is 2.61 bits per heavy atom. The van der Waals surface area contributed by atoms with E-state index in [1.807, 2.05) is 12.2 Å². The van der Waals surface area contributed by atoms with Crippen molar-refractivity contribution in [1.82, 2.24) is 0 Å². The first-order valence-corrected chi connectivity index (χ1v) is 7.87. The van der Waals surface area contributed by atoms with Gasteiger partial charge in [-0.15, -0.1) is 0 Å². The van der Waals surface area contributed by atoms with Gasteiger partial charge in [0.25, 0.3) is 5.69 Å². The Kier molecular flexibility index (Phi) is 4.28. The lowest BCUT2D eigenvalue weighted by Crippen LogP contribution is -2.11. The van der Waals surface area contributed by atoms with Crippen LogP contribution in [0.15, 0.2) is 48.6 Å². The zero-order valence-electron chi connectivity index (χ0n) is 12.9. The van der Waals surface area contributed by atoms with E-state index in [4.69, 9.17) is 4.74 Å². The molecule has 0 radical (unpaired) electrons. The Bertz CT molecular complexity index is 662. The minimum absolute atomic E-state index is 0.0686. The van der Waals surface area contributed by atoms with Crippen LogP contribution < -0.4 is 0 Å². The van der Waals surface area contributed by atoms with E-state index in [2.05, 4.69) is 12.2 Å². The topological polar surface area (TPSA) is 69.4 Å². The summed E-state index contributed by atoms with van der Waals surface area (Å²) in [6.45, 7) is 2.18. The molecule has 2 aliphatic carbocycles. The first-order valence-electron chi connectivity index (χ1n) is 7.87. The average Bonchev–Trinajstić information content (AvgIpc) is 3.31. The number of nitro benzene ring substituents is 1. The van der Waals surface area contributed by atoms with Gasteiger partial charge in [-0.2, -0.15) is 0 Å². The fourth-order valence-electron chi connectivity index (χ4n) is 3.54. The van der Waals surface area contributed by atoms with Gasteiger partial charge in [0, 0.05) is 18.1 Å². The summed E-state index contributed by atoms with van der Waals surface area (Å²) in [5, 5.41) is 10.8. The van der Waals surface area contributed by atoms with Gasteiger partial charge in [-0.1, -0.05) is 36.4 Å². The molecule has 1 saturated carbocycles. The zero-order chi connectivity index (χ0) is 16.4. The van der Waals surface area contributed by atoms with Crippen LogP contribution in [0, 0.1) is 27.9 Å². The van der Waals surface area contributed by atoms with E-state index in [0.29, 0.717) is 12.5 Å². The van der Waals surface area contributed by atoms with E-state index in [-0.39, 0.29) is 29.4 Å². The third kappa shape index (κ3) is 3.04. The van der Waals surface area contributed by atoms with Gasteiger partial charge in [0.05, 0.1) is 17.4 Å². The van der Waals surface area contributed by atoms with Crippen molar-refractivity contribution in [1.29, 1.82) is 0 Å². The quantitative estimate of drug-likeness (QED) is 0.473. The van der Waals surface area contributed by atoms with E-state index < -0.39 is 4.92 Å². The molecule has 1 unspecified atom stereocenters. The van der Waals surface area contributed by atoms with Crippen molar-refractivity contribution in [2.75, 3.05) is 6.61 Å². The predicted molar refractivity (Wildman–Crippen MR) is 85.8 cm³/mol. The number of hydrogen-bond donors (Lipinski definition) is 0. The largest absolute Gasteiger partial charge is 0.466 e. The molecule has 0 bridgehead atoms. The highest BCUT2D eigenvalue weighted by molar-refractivity contribution is 5.78. The molecular formula is C18H19NO4. The van der Waals surface area contributed by atoms with Gasteiger partial charge in [0.15, 0.2) is 0 Å². The molecule has 0 heterocycles. The van der Waals surface area contributed by atoms with Crippen LogP contribution in [0.25, 0.3) is 0 Å². The second-order valence-electron chi connectivity index (χ2n) is 5.94. The standard InChI is InChI=1S/C18H19NO4/c1-2-23-18(20)17-15(12-6-4-3-5-7-12)16(17)13-8-10-14(11-9-13)19(21)22/h3-6,8-12,15-17H,2,7H2,1H3/t12?,15-,16-,17-/m1/s1. The molecule has 23 heavy (non-hydrogen) atoms. The SMILES string of the molecule is CCOC(=O)[C@H]1[C@H](c2ccc([N+](=O)[O-])cc2)[C@H]1C1C=CC=CC1. The summed E-state index contributed by atoms with van der Waals surface area (Å²) in [6, 6.07) is 6.53. The molecule has 5 heteroatoms. The van der Waals surface area contributed by atoms with Gasteiger partial charge in [0.1, 0.15) is 0 Å². The predicted octanol–water partition coefficient (Wildman–Crippen LogP) is 3.62. The number of hydrogen-bond acceptors (Lipinski definition) is 4. The van der Waals surface area contributed by atoms with E-state index in [0.717, 1.165) is 12.0 Å². The fraction of sp³-hybridized carbons (Fsp3) is 0.389. The lowest BCUT2D eigenvalue weighted by molar-refractivity contribution is -0.384. The van der Waals surface area contributed by atoms with Crippen LogP contribution in [0.4, 0.5) is 5.69 Å². The smallest absolute Gasteiger partial charge is 0.309 e. The number of benzene rings is 1. The Labute approximate surface area is 134 Å². The average molecular weight is 313 g/mol. The second-order valence-corrected chi connectivity index (χ2v) is 5.94. The van der Waals surface area contributed by atoms with Crippen molar-refractivity contribution in [2.45, 2.75) is 19.3 Å². The highest BCUT2D eigenvalue weighted by Crippen LogP contribution is 2.59. The highest BCUT2D eigenvalue weighted by Gasteiger charge is 2.58. The molecule has 0 amide bonds. The van der Waals surface area contributed by atoms with Crippen LogP contribution in [0.5, 0.6) is 0 Å². The lowest BCUT2D eigenvalue weighted by atomic mass is 9.92. The Balaban J connectivity index is 1.82. The molecule has 5 nitrogen and oxygen atoms in total. The second kappa shape index (κ2) is 6.36. The summed E-state index contributed by atoms with van der Waals surface area (Å²) in [5.74, 6) is 0.281. The number of rotatable bonds is 5. The van der Waals surface area contributed by atoms with Crippen LogP contribution in [0.3, 0.4) is 0 Å². The summed E-state index contributed by atoms with van der Waals surface area (Å²) in [6.07, 6.45) is 9.20. The van der Waals surface area contributed by atoms with Crippen molar-refractivity contribution >= 4 is 11.7 Å². The van der Waals surface area contributed by atoms with E-state index >= 15 is 0 Å². The van der Waals surface area contributed by atoms with Crippen LogP contribution in [-0.2, 0) is 9.53 Å². The van der Waals surface area contributed by atoms with Crippen LogP contribution in [-0.4, -0.2) is 17.5 Å². The van der Waals surface area contributed by atoms with Crippen LogP contribution in [0.1, 0.15) is 24.8 Å². The van der Waals surface area contributed by atoms with Gasteiger partial charge in [0.2, 0.25) is 0 Å². The molecule has 0 aromatic heterocycles. The molecule has 1 aromatic rings. The number of ether oxygens (including phenoxy) is 1. The van der Waals surface area contributed by atoms with Gasteiger partial charge < -0.3 is 4.74 Å². The van der Waals surface area contributed by atoms with Crippen molar-refractivity contribution in [2.24, 2.45) is 17.8 Å². The molecule has 0 saturated heterocycles. The summed E-state index contributed by atoms with van der Waals surface area (Å²) in [4.78, 5) is 22.6.